The van der Waals surface area contributed by atoms with Gasteiger partial charge in [-0.25, -0.2) is 0 Å². The maximum Gasteiger partial charge on any atom is 0.104 e. The molecule has 0 saturated carbocycles. The lowest BCUT2D eigenvalue weighted by molar-refractivity contribution is 1.33. The molecule has 0 aromatic heterocycles. The Balaban J connectivity index is 2.26. The molecule has 2 aromatic carbocycles. The summed E-state index contributed by atoms with van der Waals surface area (Å²) < 4.78 is 0. The van der Waals surface area contributed by atoms with Crippen molar-refractivity contribution >= 4 is 28.6 Å². The van der Waals surface area contributed by atoms with Crippen LogP contribution < -0.4 is 11.1 Å². The van der Waals surface area contributed by atoms with Crippen LogP contribution in [0.2, 0.25) is 0 Å². The van der Waals surface area contributed by atoms with Crippen LogP contribution >= 0.6 is 12.2 Å². The van der Waals surface area contributed by atoms with E-state index in [1.165, 1.54) is 11.1 Å². The third-order valence-electron chi connectivity index (χ3n) is 3.29. The summed E-state index contributed by atoms with van der Waals surface area (Å²) in [6, 6.07) is 12.4. The second kappa shape index (κ2) is 5.41. The molecule has 19 heavy (non-hydrogen) atoms. The van der Waals surface area contributed by atoms with Crippen molar-refractivity contribution in [1.82, 2.24) is 0 Å². The van der Waals surface area contributed by atoms with Gasteiger partial charge in [0.2, 0.25) is 0 Å². The average Bonchev–Trinajstić information content (AvgIpc) is 2.33. The van der Waals surface area contributed by atoms with Gasteiger partial charge < -0.3 is 11.1 Å². The van der Waals surface area contributed by atoms with Gasteiger partial charge in [0.15, 0.2) is 0 Å². The Labute approximate surface area is 119 Å². The molecular formula is C16H18N2S. The number of hydrogen-bond acceptors (Lipinski definition) is 2. The zero-order valence-corrected chi connectivity index (χ0v) is 12.3. The molecule has 2 nitrogen and oxygen atoms in total. The van der Waals surface area contributed by atoms with Crippen LogP contribution in [0.15, 0.2) is 36.4 Å². The average molecular weight is 270 g/mol. The van der Waals surface area contributed by atoms with Gasteiger partial charge in [-0.1, -0.05) is 18.3 Å². The first kappa shape index (κ1) is 13.6. The van der Waals surface area contributed by atoms with Gasteiger partial charge in [-0.3, -0.25) is 0 Å². The van der Waals surface area contributed by atoms with E-state index >= 15 is 0 Å². The number of benzene rings is 2. The lowest BCUT2D eigenvalue weighted by atomic mass is 10.1. The van der Waals surface area contributed by atoms with Crippen LogP contribution in [0.25, 0.3) is 0 Å². The maximum atomic E-state index is 5.66. The molecule has 0 atom stereocenters. The fourth-order valence-electron chi connectivity index (χ4n) is 2.00. The molecule has 0 bridgehead atoms. The molecule has 0 saturated heterocycles. The largest absolute Gasteiger partial charge is 0.389 e. The molecular weight excluding hydrogens is 252 g/mol. The predicted molar refractivity (Wildman–Crippen MR) is 86.3 cm³/mol. The number of rotatable bonds is 3. The van der Waals surface area contributed by atoms with Crippen LogP contribution in [0.1, 0.15) is 22.3 Å². The van der Waals surface area contributed by atoms with Crippen LogP contribution in [0.5, 0.6) is 0 Å². The third kappa shape index (κ3) is 3.12. The molecule has 0 aliphatic carbocycles. The van der Waals surface area contributed by atoms with Gasteiger partial charge in [-0.2, -0.15) is 0 Å². The van der Waals surface area contributed by atoms with E-state index in [1.54, 1.807) is 0 Å². The molecule has 2 rings (SSSR count). The second-order valence-corrected chi connectivity index (χ2v) is 5.26. The smallest absolute Gasteiger partial charge is 0.104 e. The van der Waals surface area contributed by atoms with Crippen LogP contribution in [0.4, 0.5) is 11.4 Å². The van der Waals surface area contributed by atoms with Crippen LogP contribution in [-0.4, -0.2) is 4.99 Å². The minimum atomic E-state index is 0.440. The van der Waals surface area contributed by atoms with E-state index < -0.39 is 0 Å². The zero-order chi connectivity index (χ0) is 14.0. The summed E-state index contributed by atoms with van der Waals surface area (Å²) in [5.41, 5.74) is 12.4. The van der Waals surface area contributed by atoms with Gasteiger partial charge in [0.05, 0.1) is 0 Å². The zero-order valence-electron chi connectivity index (χ0n) is 11.4. The molecule has 0 aliphatic rings. The second-order valence-electron chi connectivity index (χ2n) is 4.82. The van der Waals surface area contributed by atoms with E-state index in [1.807, 2.05) is 19.1 Å². The van der Waals surface area contributed by atoms with Gasteiger partial charge in [0, 0.05) is 16.9 Å². The first-order valence-corrected chi connectivity index (χ1v) is 6.63. The van der Waals surface area contributed by atoms with Crippen molar-refractivity contribution in [3.05, 3.63) is 58.7 Å². The summed E-state index contributed by atoms with van der Waals surface area (Å²) >= 11 is 5.01. The number of hydrogen-bond donors (Lipinski definition) is 2. The SMILES string of the molecule is Cc1ccc(Nc2ccc(C(N)=S)c(C)c2)cc1C. The highest BCUT2D eigenvalue weighted by Crippen LogP contribution is 2.21. The van der Waals surface area contributed by atoms with E-state index in [0.29, 0.717) is 4.99 Å². The van der Waals surface area contributed by atoms with Crippen LogP contribution in [0.3, 0.4) is 0 Å². The molecule has 0 spiro atoms. The van der Waals surface area contributed by atoms with Crippen molar-refractivity contribution < 1.29 is 0 Å². The highest BCUT2D eigenvalue weighted by molar-refractivity contribution is 7.80. The predicted octanol–water partition coefficient (Wildman–Crippen LogP) is 3.99. The van der Waals surface area contributed by atoms with Gasteiger partial charge >= 0.3 is 0 Å². The van der Waals surface area contributed by atoms with Gasteiger partial charge in [-0.15, -0.1) is 0 Å². The summed E-state index contributed by atoms with van der Waals surface area (Å²) in [6.45, 7) is 6.24. The molecule has 0 radical (unpaired) electrons. The molecule has 0 unspecified atom stereocenters. The lowest BCUT2D eigenvalue weighted by Crippen LogP contribution is -2.11. The summed E-state index contributed by atoms with van der Waals surface area (Å²) in [4.78, 5) is 0.440. The van der Waals surface area contributed by atoms with Crippen molar-refractivity contribution in [1.29, 1.82) is 0 Å². The molecule has 3 N–H and O–H groups in total. The standard InChI is InChI=1S/C16H18N2S/c1-10-4-5-13(8-11(10)2)18-14-6-7-15(16(17)19)12(3)9-14/h4-9,18H,1-3H3,(H2,17,19). The Morgan fingerprint density at radius 1 is 0.895 bits per heavy atom. The van der Waals surface area contributed by atoms with Crippen LogP contribution in [0, 0.1) is 20.8 Å². The third-order valence-corrected chi connectivity index (χ3v) is 3.51. The summed E-state index contributed by atoms with van der Waals surface area (Å²) in [7, 11) is 0. The van der Waals surface area contributed by atoms with E-state index in [2.05, 4.69) is 43.4 Å². The topological polar surface area (TPSA) is 38.0 Å². The monoisotopic (exact) mass is 270 g/mol. The first-order chi connectivity index (χ1) is 8.97. The van der Waals surface area contributed by atoms with E-state index in [0.717, 1.165) is 22.5 Å². The Bertz CT molecular complexity index is 633. The number of anilines is 2. The molecule has 2 aromatic rings. The quantitative estimate of drug-likeness (QED) is 0.828. The number of thiocarbonyl (C=S) groups is 1. The summed E-state index contributed by atoms with van der Waals surface area (Å²) in [5, 5.41) is 3.39. The summed E-state index contributed by atoms with van der Waals surface area (Å²) in [5.74, 6) is 0. The lowest BCUT2D eigenvalue weighted by Gasteiger charge is -2.11. The van der Waals surface area contributed by atoms with Gasteiger partial charge in [-0.05, 0) is 67.8 Å². The van der Waals surface area contributed by atoms with Crippen LogP contribution in [-0.2, 0) is 0 Å². The highest BCUT2D eigenvalue weighted by Gasteiger charge is 2.03. The Kier molecular flexibility index (Phi) is 3.86. The fourth-order valence-corrected chi connectivity index (χ4v) is 2.23. The van der Waals surface area contributed by atoms with Gasteiger partial charge in [0.25, 0.3) is 0 Å². The molecule has 0 aliphatic heterocycles. The Morgan fingerprint density at radius 2 is 1.47 bits per heavy atom. The maximum absolute atomic E-state index is 5.66. The number of nitrogens with one attached hydrogen (secondary N) is 1. The molecule has 3 heteroatoms. The van der Waals surface area contributed by atoms with Crippen molar-refractivity contribution in [2.45, 2.75) is 20.8 Å². The van der Waals surface area contributed by atoms with Crippen molar-refractivity contribution in [3.63, 3.8) is 0 Å². The highest BCUT2D eigenvalue weighted by atomic mass is 32.1. The number of aryl methyl sites for hydroxylation is 3. The number of nitrogens with two attached hydrogens (primary N) is 1. The Hall–Kier alpha value is -1.87. The summed E-state index contributed by atoms with van der Waals surface area (Å²) in [6.07, 6.45) is 0. The minimum Gasteiger partial charge on any atom is -0.389 e. The normalized spacial score (nSPS) is 10.3. The molecule has 98 valence electrons. The van der Waals surface area contributed by atoms with E-state index in [4.69, 9.17) is 18.0 Å². The molecule has 0 fully saturated rings. The van der Waals surface area contributed by atoms with Crippen molar-refractivity contribution in [2.24, 2.45) is 5.73 Å². The molecule has 0 amide bonds. The van der Waals surface area contributed by atoms with E-state index in [9.17, 15) is 0 Å². The van der Waals surface area contributed by atoms with Crippen molar-refractivity contribution in [3.8, 4) is 0 Å². The van der Waals surface area contributed by atoms with Gasteiger partial charge in [0.1, 0.15) is 4.99 Å². The minimum absolute atomic E-state index is 0.440. The Morgan fingerprint density at radius 3 is 2.00 bits per heavy atom. The van der Waals surface area contributed by atoms with E-state index in [-0.39, 0.29) is 0 Å². The van der Waals surface area contributed by atoms with Crippen molar-refractivity contribution in [2.75, 3.05) is 5.32 Å². The first-order valence-electron chi connectivity index (χ1n) is 6.22. The fraction of sp³-hybridized carbons (Fsp3) is 0.188. The molecule has 0 heterocycles.